The van der Waals surface area contributed by atoms with Crippen LogP contribution in [0.1, 0.15) is 37.7 Å². The lowest BCUT2D eigenvalue weighted by molar-refractivity contribution is -0.117. The number of hydrogen-bond donors (Lipinski definition) is 1. The number of nitrogens with one attached hydrogen (secondary N) is 1. The van der Waals surface area contributed by atoms with E-state index in [4.69, 9.17) is 11.6 Å². The molecule has 4 rings (SSSR count). The van der Waals surface area contributed by atoms with E-state index < -0.39 is 0 Å². The van der Waals surface area contributed by atoms with Crippen molar-refractivity contribution in [2.45, 2.75) is 38.6 Å². The first kappa shape index (κ1) is 18.0. The number of rotatable bonds is 5. The Balaban J connectivity index is 1.41. The fourth-order valence-corrected chi connectivity index (χ4v) is 5.09. The maximum atomic E-state index is 13.9. The van der Waals surface area contributed by atoms with E-state index in [9.17, 15) is 9.18 Å². The highest BCUT2D eigenvalue weighted by Crippen LogP contribution is 2.49. The van der Waals surface area contributed by atoms with E-state index >= 15 is 0 Å². The number of benzene rings is 1. The zero-order chi connectivity index (χ0) is 18.3. The molecule has 1 amide bonds. The van der Waals surface area contributed by atoms with Crippen molar-refractivity contribution in [3.63, 3.8) is 0 Å². The van der Waals surface area contributed by atoms with E-state index in [0.717, 1.165) is 11.8 Å². The van der Waals surface area contributed by atoms with E-state index in [1.807, 2.05) is 0 Å². The van der Waals surface area contributed by atoms with Gasteiger partial charge in [0.25, 0.3) is 0 Å². The second-order valence-corrected chi connectivity index (χ2v) is 8.67. The minimum absolute atomic E-state index is 0.00239. The number of carbonyl (C=O) groups is 1. The molecule has 1 aromatic carbocycles. The standard InChI is InChI=1S/C19H20BrClFN3O/c20-15-10-25(9-14-16(21)2-1-3-17(14)22)24-19(15)23-18(26)8-13-7-11-4-5-12(13)6-11/h1-3,10-13H,4-9H2,(H,23,24,26)/t11-,12-,13+/m0/s1. The molecule has 2 bridgehead atoms. The summed E-state index contributed by atoms with van der Waals surface area (Å²) >= 11 is 9.49. The van der Waals surface area contributed by atoms with Crippen LogP contribution in [0.25, 0.3) is 0 Å². The predicted octanol–water partition coefficient (Wildman–Crippen LogP) is 5.25. The third kappa shape index (κ3) is 3.67. The lowest BCUT2D eigenvalue weighted by Crippen LogP contribution is -2.20. The van der Waals surface area contributed by atoms with Crippen LogP contribution in [0.5, 0.6) is 0 Å². The number of amides is 1. The topological polar surface area (TPSA) is 46.9 Å². The Kier molecular flexibility index (Phi) is 5.06. The van der Waals surface area contributed by atoms with Crippen molar-refractivity contribution in [1.29, 1.82) is 0 Å². The van der Waals surface area contributed by atoms with Crippen LogP contribution in [-0.4, -0.2) is 15.7 Å². The monoisotopic (exact) mass is 439 g/mol. The van der Waals surface area contributed by atoms with Crippen LogP contribution in [0.3, 0.4) is 0 Å². The van der Waals surface area contributed by atoms with Crippen LogP contribution in [0, 0.1) is 23.6 Å². The summed E-state index contributed by atoms with van der Waals surface area (Å²) in [7, 11) is 0. The minimum Gasteiger partial charge on any atom is -0.308 e. The fourth-order valence-electron chi connectivity index (χ4n) is 4.46. The Morgan fingerprint density at radius 1 is 1.38 bits per heavy atom. The lowest BCUT2D eigenvalue weighted by atomic mass is 9.86. The SMILES string of the molecule is O=C(C[C@H]1C[C@H]2CC[C@H]1C2)Nc1nn(Cc2c(F)cccc2Cl)cc1Br. The largest absolute Gasteiger partial charge is 0.308 e. The second kappa shape index (κ2) is 7.31. The van der Waals surface area contributed by atoms with E-state index in [2.05, 4.69) is 26.3 Å². The van der Waals surface area contributed by atoms with Gasteiger partial charge in [0.1, 0.15) is 5.82 Å². The molecule has 2 aliphatic rings. The maximum Gasteiger partial charge on any atom is 0.225 e. The molecule has 3 atom stereocenters. The average molecular weight is 441 g/mol. The number of hydrogen-bond acceptors (Lipinski definition) is 2. The predicted molar refractivity (Wildman–Crippen MR) is 103 cm³/mol. The molecule has 2 aromatic rings. The zero-order valence-corrected chi connectivity index (χ0v) is 16.6. The normalized spacial score (nSPS) is 24.2. The second-order valence-electron chi connectivity index (χ2n) is 7.41. The summed E-state index contributed by atoms with van der Waals surface area (Å²) in [6.45, 7) is 0.201. The van der Waals surface area contributed by atoms with E-state index in [1.54, 1.807) is 23.0 Å². The van der Waals surface area contributed by atoms with Crippen LogP contribution in [-0.2, 0) is 11.3 Å². The van der Waals surface area contributed by atoms with Gasteiger partial charge in [-0.15, -0.1) is 0 Å². The molecule has 1 heterocycles. The molecule has 2 saturated carbocycles. The molecule has 7 heteroatoms. The molecular weight excluding hydrogens is 421 g/mol. The van der Waals surface area contributed by atoms with Crippen molar-refractivity contribution in [3.8, 4) is 0 Å². The van der Waals surface area contributed by atoms with Gasteiger partial charge in [-0.25, -0.2) is 4.39 Å². The minimum atomic E-state index is -0.369. The Morgan fingerprint density at radius 3 is 2.92 bits per heavy atom. The van der Waals surface area contributed by atoms with Gasteiger partial charge in [0.05, 0.1) is 11.0 Å². The first-order valence-corrected chi connectivity index (χ1v) is 10.1. The number of nitrogens with zero attached hydrogens (tertiary/aromatic N) is 2. The van der Waals surface area contributed by atoms with E-state index in [0.29, 0.717) is 33.2 Å². The molecule has 1 N–H and O–H groups in total. The van der Waals surface area contributed by atoms with Crippen molar-refractivity contribution in [2.24, 2.45) is 17.8 Å². The van der Waals surface area contributed by atoms with Crippen molar-refractivity contribution in [2.75, 3.05) is 5.32 Å². The van der Waals surface area contributed by atoms with Crippen molar-refractivity contribution < 1.29 is 9.18 Å². The van der Waals surface area contributed by atoms with Gasteiger partial charge in [0.2, 0.25) is 5.91 Å². The summed E-state index contributed by atoms with van der Waals surface area (Å²) in [5.41, 5.74) is 0.379. The van der Waals surface area contributed by atoms with Gasteiger partial charge in [-0.1, -0.05) is 24.1 Å². The van der Waals surface area contributed by atoms with E-state index in [-0.39, 0.29) is 18.3 Å². The van der Waals surface area contributed by atoms with Gasteiger partial charge in [-0.05, 0) is 65.1 Å². The van der Waals surface area contributed by atoms with Crippen LogP contribution >= 0.6 is 27.5 Å². The molecule has 0 aliphatic heterocycles. The van der Waals surface area contributed by atoms with E-state index in [1.165, 1.54) is 31.7 Å². The molecule has 0 saturated heterocycles. The number of halogens is 3. The smallest absolute Gasteiger partial charge is 0.225 e. The number of carbonyl (C=O) groups excluding carboxylic acids is 1. The fraction of sp³-hybridized carbons (Fsp3) is 0.474. The van der Waals surface area contributed by atoms with Gasteiger partial charge in [0, 0.05) is 23.2 Å². The van der Waals surface area contributed by atoms with Crippen LogP contribution in [0.2, 0.25) is 5.02 Å². The first-order valence-electron chi connectivity index (χ1n) is 8.95. The Labute approximate surface area is 165 Å². The summed E-state index contributed by atoms with van der Waals surface area (Å²) < 4.78 is 16.2. The Bertz CT molecular complexity index is 820. The first-order chi connectivity index (χ1) is 12.5. The number of anilines is 1. The number of fused-ring (bicyclic) bond motifs is 2. The van der Waals surface area contributed by atoms with Gasteiger partial charge >= 0.3 is 0 Å². The highest BCUT2D eigenvalue weighted by atomic mass is 79.9. The molecular formula is C19H20BrClFN3O. The summed E-state index contributed by atoms with van der Waals surface area (Å²) in [5.74, 6) is 2.14. The number of aromatic nitrogens is 2. The summed E-state index contributed by atoms with van der Waals surface area (Å²) in [5, 5.41) is 7.61. The van der Waals surface area contributed by atoms with Gasteiger partial charge in [-0.3, -0.25) is 9.48 Å². The molecule has 0 radical (unpaired) electrons. The lowest BCUT2D eigenvalue weighted by Gasteiger charge is -2.20. The van der Waals surface area contributed by atoms with Crippen LogP contribution in [0.4, 0.5) is 10.2 Å². The molecule has 0 spiro atoms. The van der Waals surface area contributed by atoms with Crippen molar-refractivity contribution in [1.82, 2.24) is 9.78 Å². The molecule has 1 aromatic heterocycles. The molecule has 4 nitrogen and oxygen atoms in total. The maximum absolute atomic E-state index is 13.9. The third-order valence-corrected chi connectivity index (χ3v) is 6.62. The molecule has 138 valence electrons. The van der Waals surface area contributed by atoms with Crippen molar-refractivity contribution in [3.05, 3.63) is 45.3 Å². The van der Waals surface area contributed by atoms with Gasteiger partial charge < -0.3 is 5.32 Å². The van der Waals surface area contributed by atoms with Gasteiger partial charge in [0.15, 0.2) is 5.82 Å². The molecule has 0 unspecified atom stereocenters. The summed E-state index contributed by atoms with van der Waals surface area (Å²) in [4.78, 5) is 12.4. The quantitative estimate of drug-likeness (QED) is 0.690. The zero-order valence-electron chi connectivity index (χ0n) is 14.2. The molecule has 2 fully saturated rings. The molecule has 26 heavy (non-hydrogen) atoms. The average Bonchev–Trinajstić information content (AvgIpc) is 3.28. The van der Waals surface area contributed by atoms with Crippen LogP contribution in [0.15, 0.2) is 28.9 Å². The highest BCUT2D eigenvalue weighted by molar-refractivity contribution is 9.10. The van der Waals surface area contributed by atoms with Crippen LogP contribution < -0.4 is 5.32 Å². The molecule has 2 aliphatic carbocycles. The summed E-state index contributed by atoms with van der Waals surface area (Å²) in [6, 6.07) is 4.59. The van der Waals surface area contributed by atoms with Gasteiger partial charge in [-0.2, -0.15) is 5.10 Å². The van der Waals surface area contributed by atoms with Crippen molar-refractivity contribution >= 4 is 39.3 Å². The Hall–Kier alpha value is -1.40. The third-order valence-electron chi connectivity index (χ3n) is 5.69. The Morgan fingerprint density at radius 2 is 2.23 bits per heavy atom. The highest BCUT2D eigenvalue weighted by Gasteiger charge is 2.40. The summed E-state index contributed by atoms with van der Waals surface area (Å²) in [6.07, 6.45) is 7.34.